The van der Waals surface area contributed by atoms with Gasteiger partial charge in [0.1, 0.15) is 0 Å². The summed E-state index contributed by atoms with van der Waals surface area (Å²) in [4.78, 5) is 23.0. The Morgan fingerprint density at radius 3 is 2.90 bits per heavy atom. The zero-order valence-electron chi connectivity index (χ0n) is 12.5. The van der Waals surface area contributed by atoms with Gasteiger partial charge in [-0.05, 0) is 43.2 Å². The summed E-state index contributed by atoms with van der Waals surface area (Å²) < 4.78 is 0. The average molecular weight is 289 g/mol. The molecule has 0 aromatic heterocycles. The first kappa shape index (κ1) is 15.5. The van der Waals surface area contributed by atoms with E-state index < -0.39 is 5.97 Å². The largest absolute Gasteiger partial charge is 0.481 e. The van der Waals surface area contributed by atoms with Crippen molar-refractivity contribution in [3.63, 3.8) is 0 Å². The third-order valence-electron chi connectivity index (χ3n) is 4.22. The van der Waals surface area contributed by atoms with Crippen molar-refractivity contribution in [1.29, 1.82) is 0 Å². The molecule has 0 saturated heterocycles. The molecule has 1 aliphatic rings. The molecule has 0 fully saturated rings. The lowest BCUT2D eigenvalue weighted by molar-refractivity contribution is -0.141. The molecule has 114 valence electrons. The fourth-order valence-corrected chi connectivity index (χ4v) is 2.89. The SMILES string of the molecule is CC(CCCNC(=O)C1CCCc2ccccc21)C(=O)O. The summed E-state index contributed by atoms with van der Waals surface area (Å²) in [6, 6.07) is 8.15. The molecule has 0 spiro atoms. The molecule has 1 aliphatic carbocycles. The molecule has 2 rings (SSSR count). The highest BCUT2D eigenvalue weighted by Gasteiger charge is 2.25. The van der Waals surface area contributed by atoms with Gasteiger partial charge in [-0.3, -0.25) is 9.59 Å². The van der Waals surface area contributed by atoms with Crippen LogP contribution in [0.3, 0.4) is 0 Å². The van der Waals surface area contributed by atoms with Crippen LogP contribution in [0.4, 0.5) is 0 Å². The fourth-order valence-electron chi connectivity index (χ4n) is 2.89. The molecule has 21 heavy (non-hydrogen) atoms. The van der Waals surface area contributed by atoms with Gasteiger partial charge in [-0.2, -0.15) is 0 Å². The summed E-state index contributed by atoms with van der Waals surface area (Å²) in [5.74, 6) is -1.10. The molecule has 0 heterocycles. The van der Waals surface area contributed by atoms with Crippen molar-refractivity contribution in [2.45, 2.75) is 44.9 Å². The Balaban J connectivity index is 1.83. The van der Waals surface area contributed by atoms with Crippen molar-refractivity contribution < 1.29 is 14.7 Å². The van der Waals surface area contributed by atoms with E-state index in [9.17, 15) is 9.59 Å². The molecule has 2 unspecified atom stereocenters. The molecule has 0 bridgehead atoms. The van der Waals surface area contributed by atoms with Gasteiger partial charge < -0.3 is 10.4 Å². The fraction of sp³-hybridized carbons (Fsp3) is 0.529. The molecule has 4 heteroatoms. The Kier molecular flexibility index (Phi) is 5.37. The average Bonchev–Trinajstić information content (AvgIpc) is 2.50. The summed E-state index contributed by atoms with van der Waals surface area (Å²) in [6.45, 7) is 2.25. The lowest BCUT2D eigenvalue weighted by atomic mass is 9.82. The maximum atomic E-state index is 12.3. The molecule has 1 aromatic carbocycles. The quantitative estimate of drug-likeness (QED) is 0.791. The van der Waals surface area contributed by atoms with Crippen LogP contribution in [-0.4, -0.2) is 23.5 Å². The third kappa shape index (κ3) is 4.06. The molecule has 0 radical (unpaired) electrons. The highest BCUT2D eigenvalue weighted by molar-refractivity contribution is 5.84. The molecular weight excluding hydrogens is 266 g/mol. The van der Waals surface area contributed by atoms with E-state index in [1.807, 2.05) is 18.2 Å². The third-order valence-corrected chi connectivity index (χ3v) is 4.22. The van der Waals surface area contributed by atoms with Crippen LogP contribution < -0.4 is 5.32 Å². The van der Waals surface area contributed by atoms with Gasteiger partial charge in [-0.1, -0.05) is 31.2 Å². The number of aryl methyl sites for hydroxylation is 1. The minimum absolute atomic E-state index is 0.0492. The normalized spacial score (nSPS) is 18.6. The van der Waals surface area contributed by atoms with Gasteiger partial charge in [0, 0.05) is 6.54 Å². The van der Waals surface area contributed by atoms with Gasteiger partial charge in [0.15, 0.2) is 0 Å². The molecule has 2 atom stereocenters. The number of fused-ring (bicyclic) bond motifs is 1. The lowest BCUT2D eigenvalue weighted by Gasteiger charge is -2.24. The molecule has 2 N–H and O–H groups in total. The molecule has 0 saturated carbocycles. The first-order chi connectivity index (χ1) is 10.1. The van der Waals surface area contributed by atoms with Crippen LogP contribution in [0.2, 0.25) is 0 Å². The number of carbonyl (C=O) groups is 2. The minimum atomic E-state index is -0.775. The number of aliphatic carboxylic acids is 1. The zero-order valence-corrected chi connectivity index (χ0v) is 12.5. The van der Waals surface area contributed by atoms with E-state index in [0.29, 0.717) is 19.4 Å². The lowest BCUT2D eigenvalue weighted by Crippen LogP contribution is -2.32. The Morgan fingerprint density at radius 1 is 1.38 bits per heavy atom. The van der Waals surface area contributed by atoms with Gasteiger partial charge >= 0.3 is 5.97 Å². The standard InChI is InChI=1S/C17H23NO3/c1-12(17(20)21)6-5-11-18-16(19)15-10-4-8-13-7-2-3-9-14(13)15/h2-3,7,9,12,15H,4-6,8,10-11H2,1H3,(H,18,19)(H,20,21). The van der Waals surface area contributed by atoms with E-state index in [2.05, 4.69) is 11.4 Å². The Morgan fingerprint density at radius 2 is 2.14 bits per heavy atom. The summed E-state index contributed by atoms with van der Waals surface area (Å²) in [5.41, 5.74) is 2.43. The summed E-state index contributed by atoms with van der Waals surface area (Å²) >= 11 is 0. The van der Waals surface area contributed by atoms with E-state index in [1.54, 1.807) is 6.92 Å². The van der Waals surface area contributed by atoms with Gasteiger partial charge in [0.05, 0.1) is 11.8 Å². The first-order valence-electron chi connectivity index (χ1n) is 7.68. The monoisotopic (exact) mass is 289 g/mol. The Bertz CT molecular complexity index is 513. The number of benzene rings is 1. The van der Waals surface area contributed by atoms with Crippen LogP contribution in [0.25, 0.3) is 0 Å². The van der Waals surface area contributed by atoms with E-state index in [0.717, 1.165) is 24.8 Å². The molecule has 1 amide bonds. The molecular formula is C17H23NO3. The zero-order chi connectivity index (χ0) is 15.2. The van der Waals surface area contributed by atoms with E-state index >= 15 is 0 Å². The Labute approximate surface area is 125 Å². The number of carbonyl (C=O) groups excluding carboxylic acids is 1. The van der Waals surface area contributed by atoms with E-state index in [-0.39, 0.29) is 17.7 Å². The summed E-state index contributed by atoms with van der Waals surface area (Å²) in [6.07, 6.45) is 4.29. The maximum absolute atomic E-state index is 12.3. The smallest absolute Gasteiger partial charge is 0.306 e. The van der Waals surface area contributed by atoms with Crippen LogP contribution >= 0.6 is 0 Å². The second-order valence-corrected chi connectivity index (χ2v) is 5.82. The van der Waals surface area contributed by atoms with Gasteiger partial charge in [-0.15, -0.1) is 0 Å². The predicted octanol–water partition coefficient (Wildman–Crippen LogP) is 2.72. The van der Waals surface area contributed by atoms with E-state index in [4.69, 9.17) is 5.11 Å². The van der Waals surface area contributed by atoms with Crippen molar-refractivity contribution in [3.8, 4) is 0 Å². The number of amides is 1. The van der Waals surface area contributed by atoms with Crippen LogP contribution in [0.5, 0.6) is 0 Å². The molecule has 4 nitrogen and oxygen atoms in total. The summed E-state index contributed by atoms with van der Waals surface area (Å²) in [5, 5.41) is 11.8. The van der Waals surface area contributed by atoms with Gasteiger partial charge in [0.2, 0.25) is 5.91 Å². The van der Waals surface area contributed by atoms with Crippen LogP contribution in [0, 0.1) is 5.92 Å². The molecule has 1 aromatic rings. The summed E-state index contributed by atoms with van der Waals surface area (Å²) in [7, 11) is 0. The highest BCUT2D eigenvalue weighted by Crippen LogP contribution is 2.31. The predicted molar refractivity (Wildman–Crippen MR) is 81.2 cm³/mol. The second kappa shape index (κ2) is 7.25. The van der Waals surface area contributed by atoms with Crippen molar-refractivity contribution in [3.05, 3.63) is 35.4 Å². The number of nitrogens with one attached hydrogen (secondary N) is 1. The van der Waals surface area contributed by atoms with Gasteiger partial charge in [0.25, 0.3) is 0 Å². The maximum Gasteiger partial charge on any atom is 0.306 e. The number of carboxylic acids is 1. The molecule has 0 aliphatic heterocycles. The van der Waals surface area contributed by atoms with Crippen LogP contribution in [0.15, 0.2) is 24.3 Å². The van der Waals surface area contributed by atoms with E-state index in [1.165, 1.54) is 5.56 Å². The van der Waals surface area contributed by atoms with Crippen molar-refractivity contribution >= 4 is 11.9 Å². The van der Waals surface area contributed by atoms with Gasteiger partial charge in [-0.25, -0.2) is 0 Å². The van der Waals surface area contributed by atoms with Crippen molar-refractivity contribution in [2.24, 2.45) is 5.92 Å². The number of carboxylic acid groups (broad SMARTS) is 1. The van der Waals surface area contributed by atoms with Crippen LogP contribution in [0.1, 0.15) is 49.7 Å². The van der Waals surface area contributed by atoms with Crippen molar-refractivity contribution in [2.75, 3.05) is 6.54 Å². The minimum Gasteiger partial charge on any atom is -0.481 e. The first-order valence-corrected chi connectivity index (χ1v) is 7.68. The topological polar surface area (TPSA) is 66.4 Å². The number of hydrogen-bond donors (Lipinski definition) is 2. The Hall–Kier alpha value is -1.84. The van der Waals surface area contributed by atoms with Crippen molar-refractivity contribution in [1.82, 2.24) is 5.32 Å². The number of rotatable bonds is 6. The highest BCUT2D eigenvalue weighted by atomic mass is 16.4. The second-order valence-electron chi connectivity index (χ2n) is 5.82. The van der Waals surface area contributed by atoms with Crippen LogP contribution in [-0.2, 0) is 16.0 Å². The number of hydrogen-bond acceptors (Lipinski definition) is 2.